The normalized spacial score (nSPS) is 18.9. The molecule has 3 aromatic carbocycles. The van der Waals surface area contributed by atoms with Crippen LogP contribution in [0, 0.1) is 18.8 Å². The molecular weight excluding hydrogens is 376 g/mol. The molecule has 1 aliphatic carbocycles. The number of hydrogen-bond acceptors (Lipinski definition) is 3. The zero-order valence-electron chi connectivity index (χ0n) is 17.4. The van der Waals surface area contributed by atoms with Crippen molar-refractivity contribution in [2.24, 2.45) is 11.8 Å². The Kier molecular flexibility index (Phi) is 5.58. The van der Waals surface area contributed by atoms with Gasteiger partial charge in [-0.05, 0) is 59.9 Å². The van der Waals surface area contributed by atoms with Crippen molar-refractivity contribution >= 4 is 22.7 Å². The minimum atomic E-state index is -0.976. The standard InChI is InChI=1S/C26H26O4/c1-16-7-3-11-19(15-16)26(29)30-22-14-6-10-18-9-5-12-20(24(18)22)23-17(2)8-4-13-21(23)25(27)28/h4-6,8-10,12-14,16,19H,3,7,11,15H2,1-2H3,(H,27,28). The molecule has 30 heavy (non-hydrogen) atoms. The van der Waals surface area contributed by atoms with Gasteiger partial charge in [-0.3, -0.25) is 4.79 Å². The summed E-state index contributed by atoms with van der Waals surface area (Å²) in [4.78, 5) is 24.8. The summed E-state index contributed by atoms with van der Waals surface area (Å²) in [6.45, 7) is 4.08. The molecule has 0 aromatic heterocycles. The van der Waals surface area contributed by atoms with E-state index in [9.17, 15) is 14.7 Å². The Morgan fingerprint density at radius 3 is 2.47 bits per heavy atom. The van der Waals surface area contributed by atoms with Crippen LogP contribution in [0.4, 0.5) is 0 Å². The highest BCUT2D eigenvalue weighted by atomic mass is 16.5. The van der Waals surface area contributed by atoms with E-state index >= 15 is 0 Å². The third-order valence-corrected chi connectivity index (χ3v) is 6.12. The predicted molar refractivity (Wildman–Crippen MR) is 118 cm³/mol. The molecule has 2 unspecified atom stereocenters. The summed E-state index contributed by atoms with van der Waals surface area (Å²) in [6, 6.07) is 16.7. The van der Waals surface area contributed by atoms with Gasteiger partial charge < -0.3 is 9.84 Å². The van der Waals surface area contributed by atoms with Gasteiger partial charge in [-0.1, -0.05) is 62.2 Å². The fourth-order valence-corrected chi connectivity index (χ4v) is 4.64. The SMILES string of the molecule is Cc1cccc(C(=O)O)c1-c1cccc2cccc(OC(=O)C3CCCC(C)C3)c12. The fraction of sp³-hybridized carbons (Fsp3) is 0.308. The maximum Gasteiger partial charge on any atom is 0.336 e. The van der Waals surface area contributed by atoms with Gasteiger partial charge in [-0.25, -0.2) is 4.79 Å². The van der Waals surface area contributed by atoms with Crippen LogP contribution in [0.25, 0.3) is 21.9 Å². The molecular formula is C26H26O4. The fourth-order valence-electron chi connectivity index (χ4n) is 4.64. The molecule has 0 radical (unpaired) electrons. The molecule has 2 atom stereocenters. The smallest absolute Gasteiger partial charge is 0.336 e. The molecule has 0 aliphatic heterocycles. The van der Waals surface area contributed by atoms with Gasteiger partial charge in [-0.15, -0.1) is 0 Å². The van der Waals surface area contributed by atoms with Gasteiger partial charge in [0.15, 0.2) is 0 Å². The Balaban J connectivity index is 1.83. The molecule has 1 saturated carbocycles. The number of fused-ring (bicyclic) bond motifs is 1. The van der Waals surface area contributed by atoms with Gasteiger partial charge in [0, 0.05) is 5.39 Å². The second-order valence-electron chi connectivity index (χ2n) is 8.35. The lowest BCUT2D eigenvalue weighted by Crippen LogP contribution is -2.25. The first-order chi connectivity index (χ1) is 14.5. The summed E-state index contributed by atoms with van der Waals surface area (Å²) in [7, 11) is 0. The van der Waals surface area contributed by atoms with E-state index in [1.165, 1.54) is 0 Å². The lowest BCUT2D eigenvalue weighted by atomic mass is 9.82. The van der Waals surface area contributed by atoms with E-state index in [1.54, 1.807) is 18.2 Å². The average molecular weight is 402 g/mol. The van der Waals surface area contributed by atoms with Crippen molar-refractivity contribution in [3.05, 3.63) is 65.7 Å². The number of esters is 1. The number of hydrogen-bond donors (Lipinski definition) is 1. The maximum absolute atomic E-state index is 12.9. The number of aryl methyl sites for hydroxylation is 1. The molecule has 1 aliphatic rings. The van der Waals surface area contributed by atoms with Crippen LogP contribution < -0.4 is 4.74 Å². The van der Waals surface area contributed by atoms with E-state index < -0.39 is 5.97 Å². The number of benzene rings is 3. The number of carboxylic acid groups (broad SMARTS) is 1. The number of carbonyl (C=O) groups excluding carboxylic acids is 1. The Hall–Kier alpha value is -3.14. The molecule has 1 fully saturated rings. The Bertz CT molecular complexity index is 1110. The minimum absolute atomic E-state index is 0.0794. The summed E-state index contributed by atoms with van der Waals surface area (Å²) in [5, 5.41) is 11.4. The zero-order valence-corrected chi connectivity index (χ0v) is 17.4. The van der Waals surface area contributed by atoms with Crippen molar-refractivity contribution < 1.29 is 19.4 Å². The topological polar surface area (TPSA) is 63.6 Å². The van der Waals surface area contributed by atoms with Crippen LogP contribution in [0.3, 0.4) is 0 Å². The van der Waals surface area contributed by atoms with Crippen molar-refractivity contribution in [1.82, 2.24) is 0 Å². The second kappa shape index (κ2) is 8.31. The van der Waals surface area contributed by atoms with Crippen LogP contribution >= 0.6 is 0 Å². The first kappa shape index (κ1) is 20.1. The van der Waals surface area contributed by atoms with E-state index in [2.05, 4.69) is 6.92 Å². The van der Waals surface area contributed by atoms with Crippen molar-refractivity contribution in [2.75, 3.05) is 0 Å². The molecule has 0 saturated heterocycles. The number of ether oxygens (including phenoxy) is 1. The zero-order chi connectivity index (χ0) is 21.3. The van der Waals surface area contributed by atoms with E-state index in [-0.39, 0.29) is 17.5 Å². The Labute approximate surface area is 176 Å². The highest BCUT2D eigenvalue weighted by Crippen LogP contribution is 2.39. The van der Waals surface area contributed by atoms with Crippen molar-refractivity contribution in [2.45, 2.75) is 39.5 Å². The Morgan fingerprint density at radius 1 is 1.00 bits per heavy atom. The number of carbonyl (C=O) groups is 2. The van der Waals surface area contributed by atoms with E-state index in [0.717, 1.165) is 47.6 Å². The van der Waals surface area contributed by atoms with Crippen LogP contribution in [0.1, 0.15) is 48.5 Å². The molecule has 4 rings (SSSR count). The van der Waals surface area contributed by atoms with Gasteiger partial charge >= 0.3 is 11.9 Å². The lowest BCUT2D eigenvalue weighted by Gasteiger charge is -2.25. The van der Waals surface area contributed by atoms with Gasteiger partial charge in [0.25, 0.3) is 0 Å². The molecule has 0 bridgehead atoms. The largest absolute Gasteiger partial charge is 0.478 e. The summed E-state index contributed by atoms with van der Waals surface area (Å²) in [5.74, 6) is -0.219. The van der Waals surface area contributed by atoms with Crippen LogP contribution in [-0.2, 0) is 4.79 Å². The minimum Gasteiger partial charge on any atom is -0.478 e. The summed E-state index contributed by atoms with van der Waals surface area (Å²) >= 11 is 0. The second-order valence-corrected chi connectivity index (χ2v) is 8.35. The van der Waals surface area contributed by atoms with Crippen LogP contribution in [0.5, 0.6) is 5.75 Å². The van der Waals surface area contributed by atoms with Crippen LogP contribution in [-0.4, -0.2) is 17.0 Å². The molecule has 0 spiro atoms. The third-order valence-electron chi connectivity index (χ3n) is 6.12. The molecule has 1 N–H and O–H groups in total. The van der Waals surface area contributed by atoms with Gasteiger partial charge in [-0.2, -0.15) is 0 Å². The first-order valence-electron chi connectivity index (χ1n) is 10.5. The molecule has 4 heteroatoms. The lowest BCUT2D eigenvalue weighted by molar-refractivity contribution is -0.140. The van der Waals surface area contributed by atoms with Crippen molar-refractivity contribution in [3.63, 3.8) is 0 Å². The van der Waals surface area contributed by atoms with Gasteiger partial charge in [0.1, 0.15) is 5.75 Å². The summed E-state index contributed by atoms with van der Waals surface area (Å²) in [6.07, 6.45) is 3.93. The quantitative estimate of drug-likeness (QED) is 0.414. The van der Waals surface area contributed by atoms with Crippen LogP contribution in [0.2, 0.25) is 0 Å². The monoisotopic (exact) mass is 402 g/mol. The number of rotatable bonds is 4. The highest BCUT2D eigenvalue weighted by Gasteiger charge is 2.27. The van der Waals surface area contributed by atoms with E-state index in [4.69, 9.17) is 4.74 Å². The molecule has 3 aromatic rings. The maximum atomic E-state index is 12.9. The van der Waals surface area contributed by atoms with Crippen LogP contribution in [0.15, 0.2) is 54.6 Å². The van der Waals surface area contributed by atoms with Gasteiger partial charge in [0.2, 0.25) is 0 Å². The molecule has 0 amide bonds. The average Bonchev–Trinajstić information content (AvgIpc) is 2.73. The molecule has 4 nitrogen and oxygen atoms in total. The first-order valence-corrected chi connectivity index (χ1v) is 10.5. The summed E-state index contributed by atoms with van der Waals surface area (Å²) < 4.78 is 5.93. The Morgan fingerprint density at radius 2 is 1.73 bits per heavy atom. The van der Waals surface area contributed by atoms with Crippen molar-refractivity contribution in [3.8, 4) is 16.9 Å². The molecule has 0 heterocycles. The summed E-state index contributed by atoms with van der Waals surface area (Å²) in [5.41, 5.74) is 2.53. The van der Waals surface area contributed by atoms with Gasteiger partial charge in [0.05, 0.1) is 11.5 Å². The van der Waals surface area contributed by atoms with E-state index in [0.29, 0.717) is 17.2 Å². The molecule has 154 valence electrons. The third kappa shape index (κ3) is 3.82. The number of carboxylic acids is 1. The number of aromatic carboxylic acids is 1. The predicted octanol–water partition coefficient (Wildman–Crippen LogP) is 6.25. The van der Waals surface area contributed by atoms with Crippen molar-refractivity contribution in [1.29, 1.82) is 0 Å². The van der Waals surface area contributed by atoms with E-state index in [1.807, 2.05) is 43.3 Å². The highest BCUT2D eigenvalue weighted by molar-refractivity contribution is 6.07.